The van der Waals surface area contributed by atoms with E-state index >= 15 is 0 Å². The number of hydrogen-bond donors (Lipinski definition) is 1. The fourth-order valence-electron chi connectivity index (χ4n) is 2.79. The first-order chi connectivity index (χ1) is 9.35. The van der Waals surface area contributed by atoms with Crippen molar-refractivity contribution < 1.29 is 4.74 Å². The predicted molar refractivity (Wildman–Crippen MR) is 78.8 cm³/mol. The van der Waals surface area contributed by atoms with E-state index in [-0.39, 0.29) is 6.10 Å². The highest BCUT2D eigenvalue weighted by Gasteiger charge is 2.27. The summed E-state index contributed by atoms with van der Waals surface area (Å²) in [5.74, 6) is 1.96. The van der Waals surface area contributed by atoms with E-state index in [1.54, 1.807) is 0 Å². The second-order valence-corrected chi connectivity index (χ2v) is 5.82. The maximum absolute atomic E-state index is 6.11. The number of fused-ring (bicyclic) bond motifs is 1. The van der Waals surface area contributed by atoms with Crippen molar-refractivity contribution in [1.29, 1.82) is 0 Å². The van der Waals surface area contributed by atoms with E-state index in [0.717, 1.165) is 30.4 Å². The van der Waals surface area contributed by atoms with E-state index in [4.69, 9.17) is 4.74 Å². The fourth-order valence-corrected chi connectivity index (χ4v) is 2.79. The van der Waals surface area contributed by atoms with Crippen LogP contribution in [-0.4, -0.2) is 37.2 Å². The van der Waals surface area contributed by atoms with Crippen LogP contribution in [0.1, 0.15) is 26.2 Å². The molecule has 104 valence electrons. The van der Waals surface area contributed by atoms with Crippen molar-refractivity contribution in [2.75, 3.05) is 31.5 Å². The minimum absolute atomic E-state index is 0.278. The first kappa shape index (κ1) is 12.8. The molecule has 1 fully saturated rings. The summed E-state index contributed by atoms with van der Waals surface area (Å²) in [6, 6.07) is 8.22. The Morgan fingerprint density at radius 3 is 2.89 bits per heavy atom. The van der Waals surface area contributed by atoms with Crippen LogP contribution in [0.2, 0.25) is 0 Å². The summed E-state index contributed by atoms with van der Waals surface area (Å²) in [5.41, 5.74) is 1.13. The number of hydrogen-bond acceptors (Lipinski definition) is 3. The molecule has 1 saturated carbocycles. The van der Waals surface area contributed by atoms with Gasteiger partial charge in [-0.05, 0) is 43.9 Å². The number of benzene rings is 1. The van der Waals surface area contributed by atoms with E-state index in [0.29, 0.717) is 0 Å². The highest BCUT2D eigenvalue weighted by Crippen LogP contribution is 2.31. The number of nitrogens with zero attached hydrogens (tertiary/aromatic N) is 1. The molecule has 0 amide bonds. The van der Waals surface area contributed by atoms with Crippen LogP contribution >= 0.6 is 0 Å². The molecule has 3 heteroatoms. The zero-order valence-electron chi connectivity index (χ0n) is 11.8. The Balaban J connectivity index is 1.57. The van der Waals surface area contributed by atoms with Crippen LogP contribution in [0.25, 0.3) is 0 Å². The van der Waals surface area contributed by atoms with E-state index < -0.39 is 0 Å². The number of anilines is 1. The van der Waals surface area contributed by atoms with Gasteiger partial charge in [0.05, 0.1) is 12.2 Å². The van der Waals surface area contributed by atoms with Gasteiger partial charge in [-0.1, -0.05) is 19.1 Å². The second-order valence-electron chi connectivity index (χ2n) is 5.82. The smallest absolute Gasteiger partial charge is 0.142 e. The predicted octanol–water partition coefficient (Wildman–Crippen LogP) is 2.98. The van der Waals surface area contributed by atoms with Crippen molar-refractivity contribution in [2.45, 2.75) is 32.3 Å². The molecule has 3 nitrogen and oxygen atoms in total. The lowest BCUT2D eigenvalue weighted by atomic mass is 10.2. The zero-order chi connectivity index (χ0) is 13.1. The monoisotopic (exact) mass is 260 g/mol. The molecule has 1 aromatic carbocycles. The first-order valence-electron chi connectivity index (χ1n) is 7.57. The van der Waals surface area contributed by atoms with Crippen LogP contribution < -0.4 is 10.1 Å². The van der Waals surface area contributed by atoms with Gasteiger partial charge in [-0.3, -0.25) is 4.90 Å². The lowest BCUT2D eigenvalue weighted by molar-refractivity contribution is 0.132. The summed E-state index contributed by atoms with van der Waals surface area (Å²) < 4.78 is 6.11. The number of nitrogens with one attached hydrogen (secondary N) is 1. The minimum atomic E-state index is 0.278. The molecular formula is C16H24N2O. The molecule has 0 saturated heterocycles. The van der Waals surface area contributed by atoms with Gasteiger partial charge >= 0.3 is 0 Å². The van der Waals surface area contributed by atoms with Gasteiger partial charge in [0.15, 0.2) is 0 Å². The van der Waals surface area contributed by atoms with E-state index in [1.807, 2.05) is 12.1 Å². The molecule has 3 rings (SSSR count). The van der Waals surface area contributed by atoms with Crippen molar-refractivity contribution in [3.63, 3.8) is 0 Å². The van der Waals surface area contributed by atoms with Crippen LogP contribution in [0.15, 0.2) is 24.3 Å². The van der Waals surface area contributed by atoms with Gasteiger partial charge in [0, 0.05) is 13.1 Å². The third-order valence-corrected chi connectivity index (χ3v) is 3.92. The summed E-state index contributed by atoms with van der Waals surface area (Å²) >= 11 is 0. The van der Waals surface area contributed by atoms with Gasteiger partial charge in [0.1, 0.15) is 11.9 Å². The van der Waals surface area contributed by atoms with Crippen LogP contribution in [0, 0.1) is 5.92 Å². The summed E-state index contributed by atoms with van der Waals surface area (Å²) in [7, 11) is 0. The number of rotatable bonds is 6. The molecule has 0 aromatic heterocycles. The van der Waals surface area contributed by atoms with Crippen molar-refractivity contribution >= 4 is 5.69 Å². The van der Waals surface area contributed by atoms with Crippen molar-refractivity contribution in [3.8, 4) is 5.75 Å². The second kappa shape index (κ2) is 5.83. The van der Waals surface area contributed by atoms with Crippen molar-refractivity contribution in [2.24, 2.45) is 5.92 Å². The molecule has 1 heterocycles. The Hall–Kier alpha value is -1.22. The molecule has 0 spiro atoms. The van der Waals surface area contributed by atoms with Gasteiger partial charge in [0.2, 0.25) is 0 Å². The average molecular weight is 260 g/mol. The van der Waals surface area contributed by atoms with Gasteiger partial charge in [-0.25, -0.2) is 0 Å². The van der Waals surface area contributed by atoms with Crippen LogP contribution in [0.3, 0.4) is 0 Å². The quantitative estimate of drug-likeness (QED) is 0.851. The Bertz CT molecular complexity index is 417. The highest BCUT2D eigenvalue weighted by atomic mass is 16.5. The maximum atomic E-state index is 6.11. The molecule has 0 radical (unpaired) electrons. The zero-order valence-corrected chi connectivity index (χ0v) is 11.8. The summed E-state index contributed by atoms with van der Waals surface area (Å²) in [6.07, 6.45) is 4.35. The molecule has 1 aliphatic heterocycles. The molecule has 1 N–H and O–H groups in total. The molecular weight excluding hydrogens is 236 g/mol. The summed E-state index contributed by atoms with van der Waals surface area (Å²) in [6.45, 7) is 6.68. The van der Waals surface area contributed by atoms with Gasteiger partial charge in [0.25, 0.3) is 0 Å². The van der Waals surface area contributed by atoms with E-state index in [1.165, 1.54) is 32.4 Å². The van der Waals surface area contributed by atoms with Gasteiger partial charge in [-0.15, -0.1) is 0 Å². The van der Waals surface area contributed by atoms with E-state index in [9.17, 15) is 0 Å². The Morgan fingerprint density at radius 1 is 1.26 bits per heavy atom. The molecule has 0 bridgehead atoms. The molecule has 1 aliphatic carbocycles. The third kappa shape index (κ3) is 3.41. The topological polar surface area (TPSA) is 24.5 Å². The molecule has 1 unspecified atom stereocenters. The molecule has 1 aromatic rings. The normalized spacial score (nSPS) is 21.7. The van der Waals surface area contributed by atoms with Crippen molar-refractivity contribution in [1.82, 2.24) is 4.90 Å². The number of para-hydroxylation sites is 2. The van der Waals surface area contributed by atoms with Crippen LogP contribution in [0.5, 0.6) is 5.75 Å². The van der Waals surface area contributed by atoms with Gasteiger partial charge in [-0.2, -0.15) is 0 Å². The molecule has 2 aliphatic rings. The largest absolute Gasteiger partial charge is 0.485 e. The number of ether oxygens (including phenoxy) is 1. The minimum Gasteiger partial charge on any atom is -0.485 e. The molecule has 1 atom stereocenters. The Morgan fingerprint density at radius 2 is 2.11 bits per heavy atom. The average Bonchev–Trinajstić information content (AvgIpc) is 3.23. The fraction of sp³-hybridized carbons (Fsp3) is 0.625. The van der Waals surface area contributed by atoms with Crippen LogP contribution in [0.4, 0.5) is 5.69 Å². The lowest BCUT2D eigenvalue weighted by Gasteiger charge is -2.32. The van der Waals surface area contributed by atoms with E-state index in [2.05, 4.69) is 29.3 Å². The van der Waals surface area contributed by atoms with Gasteiger partial charge < -0.3 is 10.1 Å². The SMILES string of the molecule is CCCN(CC1CC1)CC1CNc2ccccc2O1. The lowest BCUT2D eigenvalue weighted by Crippen LogP contribution is -2.42. The van der Waals surface area contributed by atoms with Crippen LogP contribution in [-0.2, 0) is 0 Å². The summed E-state index contributed by atoms with van der Waals surface area (Å²) in [5, 5.41) is 3.48. The highest BCUT2D eigenvalue weighted by molar-refractivity contribution is 5.57. The third-order valence-electron chi connectivity index (χ3n) is 3.92. The molecule has 19 heavy (non-hydrogen) atoms. The maximum Gasteiger partial charge on any atom is 0.142 e. The first-order valence-corrected chi connectivity index (χ1v) is 7.57. The summed E-state index contributed by atoms with van der Waals surface area (Å²) in [4.78, 5) is 2.58. The Kier molecular flexibility index (Phi) is 3.92. The standard InChI is InChI=1S/C16H24N2O/c1-2-9-18(11-13-7-8-13)12-14-10-17-15-5-3-4-6-16(15)19-14/h3-6,13-14,17H,2,7-12H2,1H3. The Labute approximate surface area is 115 Å². The van der Waals surface area contributed by atoms with Crippen molar-refractivity contribution in [3.05, 3.63) is 24.3 Å².